The molecule has 2 aromatic rings. The van der Waals surface area contributed by atoms with Gasteiger partial charge in [-0.3, -0.25) is 9.48 Å². The molecule has 0 spiro atoms. The van der Waals surface area contributed by atoms with Crippen LogP contribution in [0.2, 0.25) is 0 Å². The standard InChI is InChI=1S/C18H21FN4O3/c1-3-26-18(25)23-10-8-22(9-11-23)17(24)16-12-15(20-21(16)2)13-6-4-5-7-14(13)19/h4-7,12H,3,8-11H2,1-2H3. The van der Waals surface area contributed by atoms with Gasteiger partial charge in [0, 0.05) is 38.8 Å². The van der Waals surface area contributed by atoms with E-state index in [0.29, 0.717) is 49.7 Å². The Morgan fingerprint density at radius 3 is 2.46 bits per heavy atom. The zero-order valence-corrected chi connectivity index (χ0v) is 14.8. The van der Waals surface area contributed by atoms with E-state index in [9.17, 15) is 14.0 Å². The van der Waals surface area contributed by atoms with Crippen LogP contribution in [0.15, 0.2) is 30.3 Å². The summed E-state index contributed by atoms with van der Waals surface area (Å²) in [6.07, 6.45) is -0.359. The zero-order chi connectivity index (χ0) is 18.7. The van der Waals surface area contributed by atoms with E-state index in [2.05, 4.69) is 5.10 Å². The number of carbonyl (C=O) groups is 2. The van der Waals surface area contributed by atoms with Gasteiger partial charge in [0.15, 0.2) is 0 Å². The number of benzene rings is 1. The Morgan fingerprint density at radius 1 is 1.15 bits per heavy atom. The summed E-state index contributed by atoms with van der Waals surface area (Å²) in [7, 11) is 1.66. The van der Waals surface area contributed by atoms with Crippen molar-refractivity contribution in [3.05, 3.63) is 41.8 Å². The van der Waals surface area contributed by atoms with Crippen LogP contribution in [0.3, 0.4) is 0 Å². The van der Waals surface area contributed by atoms with Gasteiger partial charge in [-0.25, -0.2) is 9.18 Å². The molecule has 1 aromatic heterocycles. The lowest BCUT2D eigenvalue weighted by Crippen LogP contribution is -2.51. The fourth-order valence-electron chi connectivity index (χ4n) is 2.94. The number of hydrogen-bond donors (Lipinski definition) is 0. The molecule has 2 heterocycles. The fraction of sp³-hybridized carbons (Fsp3) is 0.389. The summed E-state index contributed by atoms with van der Waals surface area (Å²) in [6, 6.07) is 7.92. The lowest BCUT2D eigenvalue weighted by molar-refractivity contribution is 0.0562. The van der Waals surface area contributed by atoms with E-state index in [1.54, 1.807) is 48.0 Å². The molecule has 0 unspecified atom stereocenters. The van der Waals surface area contributed by atoms with Crippen molar-refractivity contribution < 1.29 is 18.7 Å². The number of ether oxygens (including phenoxy) is 1. The summed E-state index contributed by atoms with van der Waals surface area (Å²) in [6.45, 7) is 3.75. The molecule has 1 aliphatic heterocycles. The van der Waals surface area contributed by atoms with Gasteiger partial charge < -0.3 is 14.5 Å². The molecule has 7 nitrogen and oxygen atoms in total. The number of amides is 2. The number of aromatic nitrogens is 2. The van der Waals surface area contributed by atoms with Crippen LogP contribution in [0.5, 0.6) is 0 Å². The van der Waals surface area contributed by atoms with Crippen LogP contribution in [0, 0.1) is 5.82 Å². The highest BCUT2D eigenvalue weighted by Gasteiger charge is 2.27. The molecule has 0 atom stereocenters. The molecule has 0 N–H and O–H groups in total. The van der Waals surface area contributed by atoms with Crippen LogP contribution in [-0.2, 0) is 11.8 Å². The van der Waals surface area contributed by atoms with Crippen LogP contribution < -0.4 is 0 Å². The van der Waals surface area contributed by atoms with Crippen molar-refractivity contribution in [2.45, 2.75) is 6.92 Å². The average Bonchev–Trinajstić information content (AvgIpc) is 3.03. The first-order chi connectivity index (χ1) is 12.5. The maximum Gasteiger partial charge on any atom is 0.409 e. The van der Waals surface area contributed by atoms with E-state index in [1.165, 1.54) is 10.7 Å². The van der Waals surface area contributed by atoms with Crippen LogP contribution in [0.4, 0.5) is 9.18 Å². The normalized spacial score (nSPS) is 14.4. The molecule has 26 heavy (non-hydrogen) atoms. The van der Waals surface area contributed by atoms with Crippen molar-refractivity contribution in [2.75, 3.05) is 32.8 Å². The van der Waals surface area contributed by atoms with Gasteiger partial charge in [-0.15, -0.1) is 0 Å². The van der Waals surface area contributed by atoms with E-state index in [-0.39, 0.29) is 17.8 Å². The van der Waals surface area contributed by atoms with Crippen molar-refractivity contribution in [3.8, 4) is 11.3 Å². The first-order valence-corrected chi connectivity index (χ1v) is 8.51. The van der Waals surface area contributed by atoms with Crippen molar-refractivity contribution >= 4 is 12.0 Å². The average molecular weight is 360 g/mol. The lowest BCUT2D eigenvalue weighted by Gasteiger charge is -2.33. The highest BCUT2D eigenvalue weighted by Crippen LogP contribution is 2.22. The van der Waals surface area contributed by atoms with Crippen molar-refractivity contribution in [1.82, 2.24) is 19.6 Å². The van der Waals surface area contributed by atoms with E-state index in [4.69, 9.17) is 4.74 Å². The van der Waals surface area contributed by atoms with Gasteiger partial charge in [-0.1, -0.05) is 12.1 Å². The second kappa shape index (κ2) is 7.55. The van der Waals surface area contributed by atoms with Crippen molar-refractivity contribution in [3.63, 3.8) is 0 Å². The Bertz CT molecular complexity index is 813. The minimum atomic E-state index is -0.382. The highest BCUT2D eigenvalue weighted by molar-refractivity contribution is 5.94. The van der Waals surface area contributed by atoms with Crippen molar-refractivity contribution in [1.29, 1.82) is 0 Å². The Hall–Kier alpha value is -2.90. The molecule has 0 aliphatic carbocycles. The first-order valence-electron chi connectivity index (χ1n) is 8.51. The molecule has 1 aliphatic rings. The van der Waals surface area contributed by atoms with Gasteiger partial charge in [0.2, 0.25) is 0 Å². The Morgan fingerprint density at radius 2 is 1.81 bits per heavy atom. The number of carbonyl (C=O) groups excluding carboxylic acids is 2. The number of nitrogens with zero attached hydrogens (tertiary/aromatic N) is 4. The Kier molecular flexibility index (Phi) is 5.20. The summed E-state index contributed by atoms with van der Waals surface area (Å²) in [4.78, 5) is 27.8. The predicted octanol–water partition coefficient (Wildman–Crippen LogP) is 2.14. The first kappa shape index (κ1) is 17.9. The smallest absolute Gasteiger partial charge is 0.409 e. The third-order valence-electron chi connectivity index (χ3n) is 4.34. The fourth-order valence-corrected chi connectivity index (χ4v) is 2.94. The largest absolute Gasteiger partial charge is 0.450 e. The van der Waals surface area contributed by atoms with E-state index < -0.39 is 0 Å². The summed E-state index contributed by atoms with van der Waals surface area (Å²) < 4.78 is 20.4. The quantitative estimate of drug-likeness (QED) is 0.841. The van der Waals surface area contributed by atoms with E-state index >= 15 is 0 Å². The van der Waals surface area contributed by atoms with Gasteiger partial charge >= 0.3 is 6.09 Å². The molecule has 1 aromatic carbocycles. The second-order valence-corrected chi connectivity index (χ2v) is 6.00. The summed E-state index contributed by atoms with van der Waals surface area (Å²) in [5.74, 6) is -0.571. The molecule has 1 fully saturated rings. The van der Waals surface area contributed by atoms with Gasteiger partial charge in [-0.2, -0.15) is 5.10 Å². The minimum absolute atomic E-state index is 0.189. The topological polar surface area (TPSA) is 67.7 Å². The van der Waals surface area contributed by atoms with Crippen LogP contribution in [0.25, 0.3) is 11.3 Å². The molecular formula is C18H21FN4O3. The number of rotatable bonds is 3. The minimum Gasteiger partial charge on any atom is -0.450 e. The third-order valence-corrected chi connectivity index (χ3v) is 4.34. The number of piperazine rings is 1. The van der Waals surface area contributed by atoms with Crippen molar-refractivity contribution in [2.24, 2.45) is 7.05 Å². The molecule has 138 valence electrons. The molecule has 1 saturated heterocycles. The summed E-state index contributed by atoms with van der Waals surface area (Å²) in [5.41, 5.74) is 1.15. The van der Waals surface area contributed by atoms with Gasteiger partial charge in [0.1, 0.15) is 11.5 Å². The maximum absolute atomic E-state index is 14.0. The second-order valence-electron chi connectivity index (χ2n) is 6.00. The van der Waals surface area contributed by atoms with Gasteiger partial charge in [0.05, 0.1) is 12.3 Å². The zero-order valence-electron chi connectivity index (χ0n) is 14.8. The van der Waals surface area contributed by atoms with E-state index in [1.807, 2.05) is 0 Å². The van der Waals surface area contributed by atoms with Crippen LogP contribution in [-0.4, -0.2) is 64.4 Å². The van der Waals surface area contributed by atoms with Crippen LogP contribution >= 0.6 is 0 Å². The lowest BCUT2D eigenvalue weighted by atomic mass is 10.1. The molecule has 0 radical (unpaired) electrons. The maximum atomic E-state index is 14.0. The highest BCUT2D eigenvalue weighted by atomic mass is 19.1. The van der Waals surface area contributed by atoms with Crippen LogP contribution in [0.1, 0.15) is 17.4 Å². The number of halogens is 1. The number of aryl methyl sites for hydroxylation is 1. The molecule has 0 saturated carbocycles. The van der Waals surface area contributed by atoms with Gasteiger partial charge in [0.25, 0.3) is 5.91 Å². The third kappa shape index (κ3) is 3.54. The molecule has 8 heteroatoms. The Labute approximate surface area is 150 Å². The molecule has 2 amide bonds. The number of hydrogen-bond acceptors (Lipinski definition) is 4. The SMILES string of the molecule is CCOC(=O)N1CCN(C(=O)c2cc(-c3ccccc3F)nn2C)CC1. The molecular weight excluding hydrogens is 339 g/mol. The molecule has 0 bridgehead atoms. The Balaban J connectivity index is 1.72. The monoisotopic (exact) mass is 360 g/mol. The summed E-state index contributed by atoms with van der Waals surface area (Å²) >= 11 is 0. The molecule has 3 rings (SSSR count). The summed E-state index contributed by atoms with van der Waals surface area (Å²) in [5, 5.41) is 4.27. The van der Waals surface area contributed by atoms with E-state index in [0.717, 1.165) is 0 Å². The van der Waals surface area contributed by atoms with Gasteiger partial charge in [-0.05, 0) is 25.1 Å². The predicted molar refractivity (Wildman–Crippen MR) is 93.1 cm³/mol.